The number of anilines is 3. The topological polar surface area (TPSA) is 76.0 Å². The Morgan fingerprint density at radius 3 is 2.11 bits per heavy atom. The molecule has 2 aromatic heterocycles. The van der Waals surface area contributed by atoms with Gasteiger partial charge in [-0.1, -0.05) is 54.6 Å². The molecule has 0 aliphatic rings. The fourth-order valence-electron chi connectivity index (χ4n) is 4.33. The molecule has 0 saturated carbocycles. The minimum atomic E-state index is -0.137. The molecule has 2 N–H and O–H groups in total. The number of carbonyl (C=O) groups is 1. The predicted octanol–water partition coefficient (Wildman–Crippen LogP) is 6.01. The number of fused-ring (bicyclic) bond motifs is 1. The van der Waals surface area contributed by atoms with Gasteiger partial charge in [-0.2, -0.15) is 0 Å². The zero-order valence-corrected chi connectivity index (χ0v) is 19.9. The van der Waals surface area contributed by atoms with Gasteiger partial charge in [-0.3, -0.25) is 19.1 Å². The maximum Gasteiger partial charge on any atom is 0.224 e. The molecule has 6 nitrogen and oxygen atoms in total. The van der Waals surface area contributed by atoms with E-state index in [0.29, 0.717) is 23.3 Å². The third-order valence-corrected chi connectivity index (χ3v) is 5.90. The minimum absolute atomic E-state index is 0.122. The van der Waals surface area contributed by atoms with E-state index in [0.717, 1.165) is 28.3 Å². The first-order valence-corrected chi connectivity index (χ1v) is 11.9. The second kappa shape index (κ2) is 10.3. The number of hydrogen-bond acceptors (Lipinski definition) is 4. The number of amides is 1. The summed E-state index contributed by atoms with van der Waals surface area (Å²) in [4.78, 5) is 30.7. The highest BCUT2D eigenvalue weighted by Crippen LogP contribution is 2.27. The van der Waals surface area contributed by atoms with Crippen LogP contribution in [0.25, 0.3) is 16.6 Å². The summed E-state index contributed by atoms with van der Waals surface area (Å²) in [6, 6.07) is 32.5. The number of rotatable bonds is 7. The Kier molecular flexibility index (Phi) is 6.58. The summed E-state index contributed by atoms with van der Waals surface area (Å²) in [6.45, 7) is 1.91. The third-order valence-electron chi connectivity index (χ3n) is 5.90. The summed E-state index contributed by atoms with van der Waals surface area (Å²) in [5.41, 5.74) is 4.55. The van der Waals surface area contributed by atoms with Gasteiger partial charge in [0.1, 0.15) is 5.82 Å². The molecule has 36 heavy (non-hydrogen) atoms. The molecule has 0 aliphatic carbocycles. The van der Waals surface area contributed by atoms with E-state index in [4.69, 9.17) is 0 Å². The van der Waals surface area contributed by atoms with Crippen molar-refractivity contribution in [2.24, 2.45) is 0 Å². The van der Waals surface area contributed by atoms with Crippen LogP contribution in [-0.2, 0) is 11.2 Å². The van der Waals surface area contributed by atoms with Crippen LogP contribution in [0, 0.1) is 6.92 Å². The Hall–Kier alpha value is -4.71. The lowest BCUT2D eigenvalue weighted by Crippen LogP contribution is -2.17. The zero-order chi connectivity index (χ0) is 24.9. The molecular formula is C30H26N4O2. The lowest BCUT2D eigenvalue weighted by atomic mass is 10.1. The van der Waals surface area contributed by atoms with E-state index < -0.39 is 0 Å². The first kappa shape index (κ1) is 23.1. The third kappa shape index (κ3) is 5.03. The Bertz CT molecular complexity index is 1560. The number of nitrogens with zero attached hydrogens (tertiary/aromatic N) is 2. The van der Waals surface area contributed by atoms with Gasteiger partial charge >= 0.3 is 0 Å². The van der Waals surface area contributed by atoms with Gasteiger partial charge in [0.25, 0.3) is 0 Å². The van der Waals surface area contributed by atoms with Crippen molar-refractivity contribution in [1.29, 1.82) is 0 Å². The molecule has 0 fully saturated rings. The van der Waals surface area contributed by atoms with E-state index in [1.807, 2.05) is 109 Å². The minimum Gasteiger partial charge on any atom is -0.341 e. The van der Waals surface area contributed by atoms with E-state index >= 15 is 0 Å². The van der Waals surface area contributed by atoms with Crippen LogP contribution in [0.15, 0.2) is 108 Å². The standard InChI is InChI=1S/C30H26N4O2/c1-21-19-26-30(25(31-21)17-18-29(36)33-23-13-7-3-8-14-23)27(35)20-28(32-22-11-5-2-6-12-22)34(26)24-15-9-4-10-16-24/h2-16,19-20,32H,17-18H2,1H3,(H,33,36). The van der Waals surface area contributed by atoms with E-state index in [-0.39, 0.29) is 17.8 Å². The number of aromatic nitrogens is 2. The van der Waals surface area contributed by atoms with Crippen LogP contribution in [0.5, 0.6) is 0 Å². The number of para-hydroxylation sites is 3. The van der Waals surface area contributed by atoms with Gasteiger partial charge in [0, 0.05) is 35.2 Å². The molecule has 178 valence electrons. The summed E-state index contributed by atoms with van der Waals surface area (Å²) < 4.78 is 2.03. The second-order valence-electron chi connectivity index (χ2n) is 8.57. The molecule has 0 saturated heterocycles. The number of pyridine rings is 2. The van der Waals surface area contributed by atoms with Gasteiger partial charge in [-0.25, -0.2) is 0 Å². The predicted molar refractivity (Wildman–Crippen MR) is 145 cm³/mol. The highest BCUT2D eigenvalue weighted by molar-refractivity contribution is 5.91. The molecular weight excluding hydrogens is 448 g/mol. The van der Waals surface area contributed by atoms with E-state index in [2.05, 4.69) is 15.6 Å². The molecule has 0 unspecified atom stereocenters. The van der Waals surface area contributed by atoms with Crippen LogP contribution in [0.1, 0.15) is 17.8 Å². The van der Waals surface area contributed by atoms with Gasteiger partial charge in [0.05, 0.1) is 16.6 Å². The molecule has 1 amide bonds. The average molecular weight is 475 g/mol. The molecule has 0 aliphatic heterocycles. The van der Waals surface area contributed by atoms with Gasteiger partial charge in [-0.15, -0.1) is 0 Å². The van der Waals surface area contributed by atoms with Gasteiger partial charge < -0.3 is 10.6 Å². The summed E-state index contributed by atoms with van der Waals surface area (Å²) in [5.74, 6) is 0.534. The molecule has 0 bridgehead atoms. The quantitative estimate of drug-likeness (QED) is 0.303. The first-order chi connectivity index (χ1) is 17.6. The Morgan fingerprint density at radius 2 is 1.44 bits per heavy atom. The lowest BCUT2D eigenvalue weighted by molar-refractivity contribution is -0.116. The molecule has 0 atom stereocenters. The van der Waals surface area contributed by atoms with Crippen molar-refractivity contribution in [3.05, 3.63) is 125 Å². The Labute approximate surface area is 209 Å². The SMILES string of the molecule is Cc1cc2c(c(CCC(=O)Nc3ccccc3)n1)c(=O)cc(Nc1ccccc1)n2-c1ccccc1. The van der Waals surface area contributed by atoms with Crippen molar-refractivity contribution in [2.45, 2.75) is 19.8 Å². The molecule has 5 rings (SSSR count). The maximum absolute atomic E-state index is 13.4. The van der Waals surface area contributed by atoms with Crippen LogP contribution < -0.4 is 16.1 Å². The highest BCUT2D eigenvalue weighted by Gasteiger charge is 2.17. The van der Waals surface area contributed by atoms with Crippen LogP contribution in [-0.4, -0.2) is 15.5 Å². The van der Waals surface area contributed by atoms with E-state index in [1.54, 1.807) is 6.07 Å². The molecule has 3 aromatic carbocycles. The molecule has 2 heterocycles. The summed E-state index contributed by atoms with van der Waals surface area (Å²) >= 11 is 0. The van der Waals surface area contributed by atoms with Crippen molar-refractivity contribution in [3.8, 4) is 5.69 Å². The zero-order valence-electron chi connectivity index (χ0n) is 19.9. The molecule has 5 aromatic rings. The highest BCUT2D eigenvalue weighted by atomic mass is 16.1. The number of carbonyl (C=O) groups excluding carboxylic acids is 1. The Balaban J connectivity index is 1.58. The van der Waals surface area contributed by atoms with Crippen LogP contribution in [0.2, 0.25) is 0 Å². The van der Waals surface area contributed by atoms with Crippen LogP contribution in [0.3, 0.4) is 0 Å². The maximum atomic E-state index is 13.4. The number of hydrogen-bond donors (Lipinski definition) is 2. The fraction of sp³-hybridized carbons (Fsp3) is 0.100. The van der Waals surface area contributed by atoms with Crippen molar-refractivity contribution in [3.63, 3.8) is 0 Å². The van der Waals surface area contributed by atoms with Crippen molar-refractivity contribution in [1.82, 2.24) is 9.55 Å². The Morgan fingerprint density at radius 1 is 0.833 bits per heavy atom. The molecule has 0 radical (unpaired) electrons. The normalized spacial score (nSPS) is 10.8. The average Bonchev–Trinajstić information content (AvgIpc) is 2.89. The summed E-state index contributed by atoms with van der Waals surface area (Å²) in [5, 5.41) is 6.83. The van der Waals surface area contributed by atoms with Crippen molar-refractivity contribution < 1.29 is 4.79 Å². The second-order valence-corrected chi connectivity index (χ2v) is 8.57. The number of aryl methyl sites for hydroxylation is 2. The molecule has 6 heteroatoms. The van der Waals surface area contributed by atoms with Gasteiger partial charge in [0.2, 0.25) is 5.91 Å². The van der Waals surface area contributed by atoms with Crippen molar-refractivity contribution >= 4 is 34.0 Å². The lowest BCUT2D eigenvalue weighted by Gasteiger charge is -2.20. The number of nitrogens with one attached hydrogen (secondary N) is 2. The van der Waals surface area contributed by atoms with E-state index in [9.17, 15) is 9.59 Å². The van der Waals surface area contributed by atoms with Gasteiger partial charge in [-0.05, 0) is 55.8 Å². The van der Waals surface area contributed by atoms with Crippen LogP contribution >= 0.6 is 0 Å². The fourth-order valence-corrected chi connectivity index (χ4v) is 4.33. The van der Waals surface area contributed by atoms with Crippen molar-refractivity contribution in [2.75, 3.05) is 10.6 Å². The smallest absolute Gasteiger partial charge is 0.224 e. The van der Waals surface area contributed by atoms with Crippen LogP contribution in [0.4, 0.5) is 17.2 Å². The number of benzene rings is 3. The van der Waals surface area contributed by atoms with E-state index in [1.165, 1.54) is 0 Å². The summed E-state index contributed by atoms with van der Waals surface area (Å²) in [6.07, 6.45) is 0.571. The first-order valence-electron chi connectivity index (χ1n) is 11.9. The monoisotopic (exact) mass is 474 g/mol. The molecule has 0 spiro atoms. The van der Waals surface area contributed by atoms with Gasteiger partial charge in [0.15, 0.2) is 5.43 Å². The largest absolute Gasteiger partial charge is 0.341 e. The summed E-state index contributed by atoms with van der Waals surface area (Å²) in [7, 11) is 0.